The zero-order valence-electron chi connectivity index (χ0n) is 12.0. The van der Waals surface area contributed by atoms with E-state index in [2.05, 4.69) is 0 Å². The molecule has 0 heterocycles. The monoisotopic (exact) mass is 285 g/mol. The van der Waals surface area contributed by atoms with Crippen molar-refractivity contribution in [2.24, 2.45) is 0 Å². The molecule has 21 heavy (non-hydrogen) atoms. The average Bonchev–Trinajstić information content (AvgIpc) is 2.55. The molecule has 0 bridgehead atoms. The lowest BCUT2D eigenvalue weighted by Crippen LogP contribution is -2.31. The van der Waals surface area contributed by atoms with Crippen LogP contribution in [0, 0.1) is 0 Å². The Labute approximate surface area is 124 Å². The Morgan fingerprint density at radius 1 is 1.10 bits per heavy atom. The third-order valence-corrected chi connectivity index (χ3v) is 3.15. The summed E-state index contributed by atoms with van der Waals surface area (Å²) in [6.07, 6.45) is -0.392. The van der Waals surface area contributed by atoms with Crippen molar-refractivity contribution in [1.29, 1.82) is 0 Å². The van der Waals surface area contributed by atoms with Crippen molar-refractivity contribution in [3.63, 3.8) is 0 Å². The number of nitrogens with zero attached hydrogens (tertiary/aromatic N) is 1. The highest BCUT2D eigenvalue weighted by atomic mass is 16.6. The van der Waals surface area contributed by atoms with Gasteiger partial charge < -0.3 is 9.84 Å². The van der Waals surface area contributed by atoms with Crippen LogP contribution in [0.5, 0.6) is 0 Å². The minimum Gasteiger partial charge on any atom is -0.444 e. The van der Waals surface area contributed by atoms with Gasteiger partial charge in [0.05, 0.1) is 6.61 Å². The van der Waals surface area contributed by atoms with Crippen LogP contribution in [0.15, 0.2) is 54.6 Å². The minimum absolute atomic E-state index is 0.0511. The fourth-order valence-corrected chi connectivity index (χ4v) is 2.04. The zero-order chi connectivity index (χ0) is 15.1. The molecule has 2 rings (SSSR count). The van der Waals surface area contributed by atoms with Crippen LogP contribution in [0.3, 0.4) is 0 Å². The Kier molecular flexibility index (Phi) is 5.35. The summed E-state index contributed by atoms with van der Waals surface area (Å²) in [6, 6.07) is 16.8. The lowest BCUT2D eigenvalue weighted by molar-refractivity contribution is 0.147. The normalized spacial score (nSPS) is 10.2. The highest BCUT2D eigenvalue weighted by Gasteiger charge is 2.15. The first-order valence-corrected chi connectivity index (χ1v) is 6.92. The molecule has 4 heteroatoms. The first-order valence-electron chi connectivity index (χ1n) is 6.92. The second-order valence-electron chi connectivity index (χ2n) is 4.61. The molecule has 0 radical (unpaired) electrons. The van der Waals surface area contributed by atoms with Gasteiger partial charge in [0.2, 0.25) is 0 Å². The molecule has 2 aromatic carbocycles. The van der Waals surface area contributed by atoms with Crippen molar-refractivity contribution < 1.29 is 14.6 Å². The Morgan fingerprint density at radius 2 is 1.81 bits per heavy atom. The van der Waals surface area contributed by atoms with Crippen molar-refractivity contribution in [3.05, 3.63) is 65.7 Å². The fraction of sp³-hybridized carbons (Fsp3) is 0.235. The molecule has 0 aliphatic heterocycles. The molecule has 0 fully saturated rings. The third kappa shape index (κ3) is 4.07. The van der Waals surface area contributed by atoms with Gasteiger partial charge >= 0.3 is 6.09 Å². The molecular formula is C17H19NO3. The molecule has 2 aromatic rings. The van der Waals surface area contributed by atoms with E-state index >= 15 is 0 Å². The van der Waals surface area contributed by atoms with Crippen LogP contribution >= 0.6 is 0 Å². The average molecular weight is 285 g/mol. The van der Waals surface area contributed by atoms with Gasteiger partial charge in [-0.3, -0.25) is 4.90 Å². The topological polar surface area (TPSA) is 49.8 Å². The van der Waals surface area contributed by atoms with Gasteiger partial charge in [-0.2, -0.15) is 0 Å². The largest absolute Gasteiger partial charge is 0.444 e. The highest BCUT2D eigenvalue weighted by Crippen LogP contribution is 2.17. The quantitative estimate of drug-likeness (QED) is 0.916. The van der Waals surface area contributed by atoms with Gasteiger partial charge in [0.1, 0.15) is 6.61 Å². The number of rotatable bonds is 5. The predicted molar refractivity (Wildman–Crippen MR) is 82.0 cm³/mol. The number of carbonyl (C=O) groups is 1. The van der Waals surface area contributed by atoms with Crippen LogP contribution in [0.1, 0.15) is 18.1 Å². The van der Waals surface area contributed by atoms with Gasteiger partial charge in [-0.1, -0.05) is 42.5 Å². The molecule has 0 spiro atoms. The maximum absolute atomic E-state index is 12.2. The van der Waals surface area contributed by atoms with Crippen LogP contribution in [0.25, 0.3) is 0 Å². The summed E-state index contributed by atoms with van der Waals surface area (Å²) in [4.78, 5) is 13.7. The van der Waals surface area contributed by atoms with Crippen LogP contribution in [0.4, 0.5) is 10.5 Å². The summed E-state index contributed by atoms with van der Waals surface area (Å²) in [5, 5.41) is 9.17. The number of aliphatic hydroxyl groups is 1. The molecule has 1 N–H and O–H groups in total. The van der Waals surface area contributed by atoms with Crippen LogP contribution in [0.2, 0.25) is 0 Å². The van der Waals surface area contributed by atoms with Crippen LogP contribution < -0.4 is 4.90 Å². The number of anilines is 1. The summed E-state index contributed by atoms with van der Waals surface area (Å²) < 4.78 is 5.33. The van der Waals surface area contributed by atoms with E-state index < -0.39 is 6.09 Å². The molecular weight excluding hydrogens is 266 g/mol. The van der Waals surface area contributed by atoms with E-state index in [-0.39, 0.29) is 13.2 Å². The standard InChI is InChI=1S/C17H19NO3/c1-2-18(16-10-6-9-15(11-16)12-19)17(20)21-13-14-7-4-3-5-8-14/h3-11,19H,2,12-13H2,1H3. The highest BCUT2D eigenvalue weighted by molar-refractivity contribution is 5.87. The fourth-order valence-electron chi connectivity index (χ4n) is 2.04. The number of amides is 1. The van der Waals surface area contributed by atoms with Gasteiger partial charge in [-0.05, 0) is 30.2 Å². The van der Waals surface area contributed by atoms with E-state index in [9.17, 15) is 9.90 Å². The summed E-state index contributed by atoms with van der Waals surface area (Å²) in [6.45, 7) is 2.58. The van der Waals surface area contributed by atoms with E-state index in [1.165, 1.54) is 0 Å². The molecule has 4 nitrogen and oxygen atoms in total. The van der Waals surface area contributed by atoms with Crippen molar-refractivity contribution >= 4 is 11.8 Å². The Hall–Kier alpha value is -2.33. The zero-order valence-corrected chi connectivity index (χ0v) is 12.0. The SMILES string of the molecule is CCN(C(=O)OCc1ccccc1)c1cccc(CO)c1. The molecule has 110 valence electrons. The van der Waals surface area contributed by atoms with Crippen molar-refractivity contribution in [1.82, 2.24) is 0 Å². The summed E-state index contributed by atoms with van der Waals surface area (Å²) in [5.41, 5.74) is 2.44. The Morgan fingerprint density at radius 3 is 2.48 bits per heavy atom. The number of ether oxygens (including phenoxy) is 1. The predicted octanol–water partition coefficient (Wildman–Crippen LogP) is 3.34. The first kappa shape index (κ1) is 15.1. The van der Waals surface area contributed by atoms with Gasteiger partial charge in [-0.15, -0.1) is 0 Å². The third-order valence-electron chi connectivity index (χ3n) is 3.15. The van der Waals surface area contributed by atoms with E-state index in [1.54, 1.807) is 11.0 Å². The second kappa shape index (κ2) is 7.45. The number of aliphatic hydroxyl groups excluding tert-OH is 1. The number of benzene rings is 2. The van der Waals surface area contributed by atoms with Gasteiger partial charge in [0.15, 0.2) is 0 Å². The van der Waals surface area contributed by atoms with E-state index in [0.717, 1.165) is 16.8 Å². The molecule has 0 aliphatic carbocycles. The first-order chi connectivity index (χ1) is 10.2. The summed E-state index contributed by atoms with van der Waals surface area (Å²) in [7, 11) is 0. The Balaban J connectivity index is 2.04. The maximum Gasteiger partial charge on any atom is 0.414 e. The number of carbonyl (C=O) groups excluding carboxylic acids is 1. The van der Waals surface area contributed by atoms with E-state index in [4.69, 9.17) is 4.74 Å². The van der Waals surface area contributed by atoms with Crippen molar-refractivity contribution in [2.45, 2.75) is 20.1 Å². The number of hydrogen-bond donors (Lipinski definition) is 1. The second-order valence-corrected chi connectivity index (χ2v) is 4.61. The molecule has 0 saturated carbocycles. The molecule has 0 saturated heterocycles. The van der Waals surface area contributed by atoms with Gasteiger partial charge in [0, 0.05) is 12.2 Å². The van der Waals surface area contributed by atoms with Gasteiger partial charge in [0.25, 0.3) is 0 Å². The summed E-state index contributed by atoms with van der Waals surface area (Å²) in [5.74, 6) is 0. The van der Waals surface area contributed by atoms with Crippen molar-refractivity contribution in [2.75, 3.05) is 11.4 Å². The van der Waals surface area contributed by atoms with Gasteiger partial charge in [-0.25, -0.2) is 4.79 Å². The van der Waals surface area contributed by atoms with E-state index in [1.807, 2.05) is 55.5 Å². The molecule has 0 unspecified atom stereocenters. The van der Waals surface area contributed by atoms with Crippen LogP contribution in [-0.2, 0) is 18.0 Å². The lowest BCUT2D eigenvalue weighted by Gasteiger charge is -2.21. The maximum atomic E-state index is 12.2. The molecule has 1 amide bonds. The minimum atomic E-state index is -0.392. The van der Waals surface area contributed by atoms with Crippen molar-refractivity contribution in [3.8, 4) is 0 Å². The lowest BCUT2D eigenvalue weighted by atomic mass is 10.2. The molecule has 0 atom stereocenters. The summed E-state index contributed by atoms with van der Waals surface area (Å²) >= 11 is 0. The van der Waals surface area contributed by atoms with E-state index in [0.29, 0.717) is 6.54 Å². The Bertz CT molecular complexity index is 584. The molecule has 0 aliphatic rings. The molecule has 0 aromatic heterocycles. The smallest absolute Gasteiger partial charge is 0.414 e. The van der Waals surface area contributed by atoms with Crippen LogP contribution in [-0.4, -0.2) is 17.7 Å². The number of hydrogen-bond acceptors (Lipinski definition) is 3.